The van der Waals surface area contributed by atoms with Gasteiger partial charge >= 0.3 is 189 Å². The van der Waals surface area contributed by atoms with Crippen molar-refractivity contribution in [2.24, 2.45) is 0 Å². The van der Waals surface area contributed by atoms with Crippen LogP contribution >= 0.6 is 23.5 Å². The molecule has 4 heteroatoms. The van der Waals surface area contributed by atoms with Gasteiger partial charge in [0.2, 0.25) is 0 Å². The molecule has 0 amide bonds. The van der Waals surface area contributed by atoms with E-state index in [2.05, 4.69) is 108 Å². The molecular weight excluding hydrogens is 510 g/mol. The first-order valence-corrected chi connectivity index (χ1v) is 15.1. The molecule has 0 spiro atoms. The van der Waals surface area contributed by atoms with Crippen LogP contribution in [0, 0.1) is 0 Å². The molecule has 5 rings (SSSR count). The van der Waals surface area contributed by atoms with Crippen LogP contribution in [0.4, 0.5) is 0 Å². The van der Waals surface area contributed by atoms with Crippen molar-refractivity contribution in [3.8, 4) is 0 Å². The first-order valence-electron chi connectivity index (χ1n) is 9.43. The minimum absolute atomic E-state index is 0.531. The Labute approximate surface area is 188 Å². The van der Waals surface area contributed by atoms with Crippen molar-refractivity contribution in [3.63, 3.8) is 0 Å². The van der Waals surface area contributed by atoms with Crippen LogP contribution in [0.25, 0.3) is 9.81 Å². The molecule has 0 aromatic heterocycles. The molecule has 3 aliphatic heterocycles. The van der Waals surface area contributed by atoms with Gasteiger partial charge in [-0.15, -0.1) is 0 Å². The number of hydrogen-bond donors (Lipinski definition) is 0. The number of hydrogen-bond acceptors (Lipinski definition) is 2. The van der Waals surface area contributed by atoms with Gasteiger partial charge < -0.3 is 0 Å². The quantitative estimate of drug-likeness (QED) is 0.417. The van der Waals surface area contributed by atoms with E-state index >= 15 is 0 Å². The number of fused-ring (bicyclic) bond motifs is 5. The Kier molecular flexibility index (Phi) is 6.06. The average Bonchev–Trinajstić information content (AvgIpc) is 3.41. The number of allylic oxidation sites excluding steroid dienone is 6. The topological polar surface area (TPSA) is 0 Å². The molecule has 2 atom stereocenters. The molecule has 4 bridgehead atoms. The molecule has 0 saturated carbocycles. The van der Waals surface area contributed by atoms with Crippen molar-refractivity contribution in [2.45, 2.75) is 9.63 Å². The van der Waals surface area contributed by atoms with Crippen molar-refractivity contribution in [1.82, 2.24) is 0 Å². The van der Waals surface area contributed by atoms with E-state index in [0.29, 0.717) is 29.9 Å². The summed E-state index contributed by atoms with van der Waals surface area (Å²) in [6.45, 7) is 0. The molecule has 3 aliphatic rings. The molecule has 0 radical (unpaired) electrons. The first-order chi connectivity index (χ1) is 13.9. The fourth-order valence-corrected chi connectivity index (χ4v) is 12.5. The predicted octanol–water partition coefficient (Wildman–Crippen LogP) is 6.33. The second kappa shape index (κ2) is 8.88. The van der Waals surface area contributed by atoms with E-state index in [1.54, 1.807) is 8.94 Å². The molecule has 0 fully saturated rings. The Hall–Kier alpha value is -0.861. The molecule has 140 valence electrons. The van der Waals surface area contributed by atoms with E-state index in [1.165, 1.54) is 20.9 Å². The van der Waals surface area contributed by atoms with Gasteiger partial charge in [-0.3, -0.25) is 0 Å². The Morgan fingerprint density at radius 3 is 1.46 bits per heavy atom. The van der Waals surface area contributed by atoms with Crippen LogP contribution in [0.1, 0.15) is 11.1 Å². The predicted molar refractivity (Wildman–Crippen MR) is 129 cm³/mol. The zero-order valence-electron chi connectivity index (χ0n) is 15.3. The van der Waals surface area contributed by atoms with Crippen LogP contribution in [0.3, 0.4) is 0 Å². The monoisotopic (exact) mass is 532 g/mol. The van der Waals surface area contributed by atoms with Gasteiger partial charge in [0.05, 0.1) is 0 Å². The van der Waals surface area contributed by atoms with Gasteiger partial charge in [-0.1, -0.05) is 0 Å². The number of rotatable bonds is 2. The van der Waals surface area contributed by atoms with Gasteiger partial charge in [0.25, 0.3) is 0 Å². The van der Waals surface area contributed by atoms with Crippen molar-refractivity contribution in [2.75, 3.05) is 11.5 Å². The van der Waals surface area contributed by atoms with Gasteiger partial charge in [0, 0.05) is 0 Å². The summed E-state index contributed by atoms with van der Waals surface area (Å²) in [6, 6.07) is 22.0. The van der Waals surface area contributed by atoms with E-state index < -0.39 is 0 Å². The van der Waals surface area contributed by atoms with Crippen LogP contribution in [0.2, 0.25) is 9.63 Å². The van der Waals surface area contributed by atoms with Gasteiger partial charge in [0.15, 0.2) is 0 Å². The summed E-state index contributed by atoms with van der Waals surface area (Å²) >= 11 is 5.17. The maximum absolute atomic E-state index is 2.51. The van der Waals surface area contributed by atoms with Crippen LogP contribution in [-0.2, 0) is 0 Å². The van der Waals surface area contributed by atoms with E-state index in [1.807, 2.05) is 0 Å². The summed E-state index contributed by atoms with van der Waals surface area (Å²) in [7, 11) is 0. The van der Waals surface area contributed by atoms with E-state index in [0.717, 1.165) is 21.1 Å². The fourth-order valence-electron chi connectivity index (χ4n) is 3.49. The summed E-state index contributed by atoms with van der Waals surface area (Å²) in [4.78, 5) is 4.47. The fraction of sp³-hybridized carbons (Fsp3) is 0.167. The molecule has 28 heavy (non-hydrogen) atoms. The molecule has 2 aromatic carbocycles. The van der Waals surface area contributed by atoms with Crippen LogP contribution in [-0.4, -0.2) is 41.4 Å². The van der Waals surface area contributed by atoms with E-state index in [-0.39, 0.29) is 0 Å². The maximum atomic E-state index is 2.51. The molecule has 2 aromatic rings. The molecular formula is C24H20S2Se2. The SMILES string of the molecule is C1=CC2[Se]C1=C(c1ccccc1)SCCS/C(c1ccccc1)=C1/C=CC2[Se]1. The number of thioether (sulfide) groups is 2. The standard InChI is InChI=1S/C24H20S2Se2/c1-3-7-17(8-4-1)23-21-13-11-19(27-21)20-12-14-22(28-20)24(26-16-15-25-23)18-9-5-2-6-10-18/h1-14,19-20H,15-16H2/b23-21-,24-22?. The third kappa shape index (κ3) is 4.05. The van der Waals surface area contributed by atoms with Gasteiger partial charge in [-0.05, 0) is 0 Å². The summed E-state index contributed by atoms with van der Waals surface area (Å²) in [6.07, 6.45) is 9.89. The molecule has 0 saturated heterocycles. The van der Waals surface area contributed by atoms with Crippen molar-refractivity contribution in [3.05, 3.63) is 105 Å². The summed E-state index contributed by atoms with van der Waals surface area (Å²) in [5.74, 6) is 2.30. The summed E-state index contributed by atoms with van der Waals surface area (Å²) in [5, 5.41) is 0. The summed E-state index contributed by atoms with van der Waals surface area (Å²) in [5.41, 5.74) is 2.78. The van der Waals surface area contributed by atoms with Crippen molar-refractivity contribution < 1.29 is 0 Å². The zero-order chi connectivity index (χ0) is 18.8. The molecule has 0 N–H and O–H groups in total. The minimum atomic E-state index is 0.531. The second-order valence-corrected chi connectivity index (χ2v) is 14.0. The Morgan fingerprint density at radius 2 is 1.04 bits per heavy atom. The normalized spacial score (nSPS) is 27.0. The van der Waals surface area contributed by atoms with Crippen molar-refractivity contribution in [1.29, 1.82) is 0 Å². The molecule has 0 aliphatic carbocycles. The third-order valence-electron chi connectivity index (χ3n) is 4.82. The first kappa shape index (κ1) is 19.1. The Bertz CT molecular complexity index is 893. The van der Waals surface area contributed by atoms with E-state index in [4.69, 9.17) is 0 Å². The van der Waals surface area contributed by atoms with Crippen molar-refractivity contribution >= 4 is 63.2 Å². The van der Waals surface area contributed by atoms with Gasteiger partial charge in [-0.2, -0.15) is 0 Å². The molecule has 2 unspecified atom stereocenters. The average molecular weight is 530 g/mol. The van der Waals surface area contributed by atoms with E-state index in [9.17, 15) is 0 Å². The van der Waals surface area contributed by atoms with Crippen LogP contribution in [0.15, 0.2) is 93.9 Å². The second-order valence-electron chi connectivity index (χ2n) is 6.70. The van der Waals surface area contributed by atoms with Crippen LogP contribution < -0.4 is 0 Å². The van der Waals surface area contributed by atoms with Crippen LogP contribution in [0.5, 0.6) is 0 Å². The zero-order valence-corrected chi connectivity index (χ0v) is 20.3. The number of benzene rings is 2. The molecule has 3 heterocycles. The summed E-state index contributed by atoms with van der Waals surface area (Å²) < 4.78 is 3.20. The van der Waals surface area contributed by atoms with Gasteiger partial charge in [-0.25, -0.2) is 0 Å². The van der Waals surface area contributed by atoms with Gasteiger partial charge in [0.1, 0.15) is 0 Å². The Morgan fingerprint density at radius 1 is 0.607 bits per heavy atom. The Balaban J connectivity index is 1.49. The third-order valence-corrected chi connectivity index (χ3v) is 14.4. The molecule has 0 nitrogen and oxygen atoms in total.